The van der Waals surface area contributed by atoms with Gasteiger partial charge >= 0.3 is 0 Å². The van der Waals surface area contributed by atoms with Gasteiger partial charge in [0.15, 0.2) is 5.82 Å². The summed E-state index contributed by atoms with van der Waals surface area (Å²) >= 11 is 0. The number of carbonyl (C=O) groups is 1. The molecule has 0 atom stereocenters. The van der Waals surface area contributed by atoms with Gasteiger partial charge in [0.05, 0.1) is 42.3 Å². The molecule has 1 amide bonds. The molecular formula is C31H27FN8O2. The van der Waals surface area contributed by atoms with E-state index in [1.54, 1.807) is 24.7 Å². The zero-order valence-corrected chi connectivity index (χ0v) is 22.8. The zero-order chi connectivity index (χ0) is 28.6. The smallest absolute Gasteiger partial charge is 0.238 e. The molecule has 0 bridgehead atoms. The molecule has 1 aliphatic rings. The SMILES string of the molecule is COc1cc(F)cc(-c2nccc3[nH]c(-c4n[nH]c5ccc(-c6cncc(NC(=O)CN7CCCC7)c6)cc45)nc23)c1. The van der Waals surface area contributed by atoms with E-state index in [4.69, 9.17) is 9.72 Å². The summed E-state index contributed by atoms with van der Waals surface area (Å²) in [7, 11) is 1.49. The van der Waals surface area contributed by atoms with Crippen molar-refractivity contribution in [3.05, 3.63) is 72.9 Å². The minimum atomic E-state index is -0.422. The Balaban J connectivity index is 1.22. The minimum absolute atomic E-state index is 0.0427. The van der Waals surface area contributed by atoms with Crippen molar-refractivity contribution in [2.24, 2.45) is 0 Å². The van der Waals surface area contributed by atoms with Crippen LogP contribution in [0.1, 0.15) is 12.8 Å². The maximum atomic E-state index is 14.3. The Kier molecular flexibility index (Phi) is 6.55. The Labute approximate surface area is 240 Å². The van der Waals surface area contributed by atoms with Crippen LogP contribution in [-0.4, -0.2) is 67.7 Å². The predicted molar refractivity (Wildman–Crippen MR) is 158 cm³/mol. The summed E-state index contributed by atoms with van der Waals surface area (Å²) in [4.78, 5) is 31.7. The van der Waals surface area contributed by atoms with E-state index >= 15 is 0 Å². The van der Waals surface area contributed by atoms with Crippen molar-refractivity contribution in [1.29, 1.82) is 0 Å². The van der Waals surface area contributed by atoms with E-state index in [1.165, 1.54) is 19.2 Å². The number of imidazole rings is 1. The molecule has 4 aromatic heterocycles. The summed E-state index contributed by atoms with van der Waals surface area (Å²) in [6, 6.07) is 14.1. The molecule has 2 aromatic carbocycles. The number of aromatic amines is 2. The molecule has 0 radical (unpaired) electrons. The first-order valence-electron chi connectivity index (χ1n) is 13.7. The van der Waals surface area contributed by atoms with Gasteiger partial charge in [-0.05, 0) is 67.9 Å². The third-order valence-electron chi connectivity index (χ3n) is 7.49. The number of nitrogens with zero attached hydrogens (tertiary/aromatic N) is 5. The molecule has 1 fully saturated rings. The third kappa shape index (κ3) is 4.94. The molecule has 0 unspecified atom stereocenters. The molecule has 0 aliphatic carbocycles. The van der Waals surface area contributed by atoms with Gasteiger partial charge in [-0.25, -0.2) is 9.37 Å². The first-order chi connectivity index (χ1) is 20.5. The van der Waals surface area contributed by atoms with Gasteiger partial charge in [-0.2, -0.15) is 5.10 Å². The number of hydrogen-bond acceptors (Lipinski definition) is 7. The number of H-pyrrole nitrogens is 2. The van der Waals surface area contributed by atoms with Crippen molar-refractivity contribution < 1.29 is 13.9 Å². The molecule has 6 aromatic rings. The molecule has 0 saturated carbocycles. The second-order valence-corrected chi connectivity index (χ2v) is 10.3. The van der Waals surface area contributed by atoms with Crippen LogP contribution in [0.5, 0.6) is 5.75 Å². The molecule has 210 valence electrons. The van der Waals surface area contributed by atoms with Gasteiger partial charge in [-0.1, -0.05) is 6.07 Å². The number of anilines is 1. The molecule has 0 spiro atoms. The number of halogens is 1. The Bertz CT molecular complexity index is 1940. The second-order valence-electron chi connectivity index (χ2n) is 10.3. The van der Waals surface area contributed by atoms with Crippen LogP contribution < -0.4 is 10.1 Å². The summed E-state index contributed by atoms with van der Waals surface area (Å²) in [6.07, 6.45) is 7.35. The van der Waals surface area contributed by atoms with E-state index in [2.05, 4.69) is 35.4 Å². The fraction of sp³-hybridized carbons (Fsp3) is 0.194. The van der Waals surface area contributed by atoms with Crippen molar-refractivity contribution in [1.82, 2.24) is 35.0 Å². The average molecular weight is 563 g/mol. The lowest BCUT2D eigenvalue weighted by Crippen LogP contribution is -2.30. The van der Waals surface area contributed by atoms with Gasteiger partial charge in [-0.3, -0.25) is 24.8 Å². The number of carbonyl (C=O) groups excluding carboxylic acids is 1. The Morgan fingerprint density at radius 3 is 2.74 bits per heavy atom. The fourth-order valence-electron chi connectivity index (χ4n) is 5.46. The maximum absolute atomic E-state index is 14.3. The highest BCUT2D eigenvalue weighted by Gasteiger charge is 2.18. The number of aromatic nitrogens is 6. The fourth-order valence-corrected chi connectivity index (χ4v) is 5.46. The van der Waals surface area contributed by atoms with E-state index < -0.39 is 5.82 Å². The molecule has 5 heterocycles. The summed E-state index contributed by atoms with van der Waals surface area (Å²) in [5.41, 5.74) is 6.32. The highest BCUT2D eigenvalue weighted by atomic mass is 19.1. The van der Waals surface area contributed by atoms with Crippen molar-refractivity contribution >= 4 is 33.5 Å². The van der Waals surface area contributed by atoms with Gasteiger partial charge in [0, 0.05) is 35.0 Å². The maximum Gasteiger partial charge on any atom is 0.238 e. The highest BCUT2D eigenvalue weighted by Crippen LogP contribution is 2.33. The monoisotopic (exact) mass is 562 g/mol. The lowest BCUT2D eigenvalue weighted by atomic mass is 10.0. The molecule has 1 saturated heterocycles. The van der Waals surface area contributed by atoms with Crippen LogP contribution in [0.4, 0.5) is 10.1 Å². The number of pyridine rings is 2. The van der Waals surface area contributed by atoms with Gasteiger partial charge in [0.1, 0.15) is 22.8 Å². The van der Waals surface area contributed by atoms with Crippen LogP contribution in [0.15, 0.2) is 67.1 Å². The molecule has 3 N–H and O–H groups in total. The number of likely N-dealkylation sites (tertiary alicyclic amines) is 1. The van der Waals surface area contributed by atoms with Crippen LogP contribution in [-0.2, 0) is 4.79 Å². The molecule has 7 rings (SSSR count). The zero-order valence-electron chi connectivity index (χ0n) is 22.8. The van der Waals surface area contributed by atoms with Crippen LogP contribution >= 0.6 is 0 Å². The lowest BCUT2D eigenvalue weighted by Gasteiger charge is -2.14. The second kappa shape index (κ2) is 10.7. The number of hydrogen-bond donors (Lipinski definition) is 3. The number of ether oxygens (including phenoxy) is 1. The predicted octanol–water partition coefficient (Wildman–Crippen LogP) is 5.41. The summed E-state index contributed by atoms with van der Waals surface area (Å²) in [5.74, 6) is 0.482. The van der Waals surface area contributed by atoms with Crippen molar-refractivity contribution in [2.45, 2.75) is 12.8 Å². The number of methoxy groups -OCH3 is 1. The first kappa shape index (κ1) is 25.8. The minimum Gasteiger partial charge on any atom is -0.497 e. The number of benzene rings is 2. The van der Waals surface area contributed by atoms with E-state index in [1.807, 2.05) is 30.3 Å². The number of rotatable bonds is 7. The number of amides is 1. The Hall–Kier alpha value is -5.16. The summed E-state index contributed by atoms with van der Waals surface area (Å²) < 4.78 is 19.5. The topological polar surface area (TPSA) is 125 Å². The van der Waals surface area contributed by atoms with E-state index in [0.717, 1.165) is 53.5 Å². The largest absolute Gasteiger partial charge is 0.497 e. The van der Waals surface area contributed by atoms with E-state index in [0.29, 0.717) is 46.3 Å². The van der Waals surface area contributed by atoms with Gasteiger partial charge in [0.2, 0.25) is 5.91 Å². The van der Waals surface area contributed by atoms with Crippen molar-refractivity contribution in [3.63, 3.8) is 0 Å². The number of nitrogens with one attached hydrogen (secondary N) is 3. The van der Waals surface area contributed by atoms with Crippen LogP contribution in [0.2, 0.25) is 0 Å². The standard InChI is InChI=1S/C31H27FN8O2/c1-42-23-12-19(10-21(32)14-23)28-30-26(6-7-34-28)36-31(37-30)29-24-13-18(4-5-25(24)38-39-29)20-11-22(16-33-15-20)35-27(41)17-40-8-2-3-9-40/h4-7,10-16H,2-3,8-9,17H2,1H3,(H,35,41)(H,36,37)(H,38,39). The molecule has 10 nitrogen and oxygen atoms in total. The third-order valence-corrected chi connectivity index (χ3v) is 7.49. The van der Waals surface area contributed by atoms with E-state index in [-0.39, 0.29) is 5.91 Å². The van der Waals surface area contributed by atoms with Gasteiger partial charge in [0.25, 0.3) is 0 Å². The average Bonchev–Trinajstić information content (AvgIpc) is 3.76. The quantitative estimate of drug-likeness (QED) is 0.238. The van der Waals surface area contributed by atoms with Crippen molar-refractivity contribution in [3.8, 4) is 39.7 Å². The molecule has 42 heavy (non-hydrogen) atoms. The summed E-state index contributed by atoms with van der Waals surface area (Å²) in [5, 5.41) is 11.5. The van der Waals surface area contributed by atoms with E-state index in [9.17, 15) is 9.18 Å². The first-order valence-corrected chi connectivity index (χ1v) is 13.7. The van der Waals surface area contributed by atoms with Crippen LogP contribution in [0.25, 0.3) is 55.8 Å². The normalized spacial score (nSPS) is 13.7. The Morgan fingerprint density at radius 1 is 1.00 bits per heavy atom. The molecular weight excluding hydrogens is 535 g/mol. The highest BCUT2D eigenvalue weighted by molar-refractivity contribution is 5.98. The Morgan fingerprint density at radius 2 is 1.88 bits per heavy atom. The van der Waals surface area contributed by atoms with Crippen molar-refractivity contribution in [2.75, 3.05) is 32.1 Å². The number of fused-ring (bicyclic) bond motifs is 2. The van der Waals surface area contributed by atoms with Gasteiger partial charge < -0.3 is 15.0 Å². The van der Waals surface area contributed by atoms with Gasteiger partial charge in [-0.15, -0.1) is 0 Å². The van der Waals surface area contributed by atoms with Crippen LogP contribution in [0.3, 0.4) is 0 Å². The van der Waals surface area contributed by atoms with Crippen LogP contribution in [0, 0.1) is 5.82 Å². The lowest BCUT2D eigenvalue weighted by molar-refractivity contribution is -0.117. The summed E-state index contributed by atoms with van der Waals surface area (Å²) in [6.45, 7) is 2.30. The molecule has 1 aliphatic heterocycles. The molecule has 11 heteroatoms.